The number of anilines is 1. The molecule has 0 unspecified atom stereocenters. The SMILES string of the molecule is COc1ccc(-c2nnc(N(C(C)=O)C(C)C)s2)cc1. The molecule has 0 saturated carbocycles. The van der Waals surface area contributed by atoms with E-state index in [1.807, 2.05) is 38.1 Å². The van der Waals surface area contributed by atoms with Crippen molar-refractivity contribution in [2.45, 2.75) is 26.8 Å². The first-order chi connectivity index (χ1) is 9.52. The minimum Gasteiger partial charge on any atom is -0.497 e. The van der Waals surface area contributed by atoms with Gasteiger partial charge in [-0.1, -0.05) is 11.3 Å². The maximum absolute atomic E-state index is 11.7. The van der Waals surface area contributed by atoms with Gasteiger partial charge in [-0.3, -0.25) is 9.69 Å². The van der Waals surface area contributed by atoms with Gasteiger partial charge in [0, 0.05) is 18.5 Å². The van der Waals surface area contributed by atoms with Crippen LogP contribution in [0.1, 0.15) is 20.8 Å². The molecule has 1 aromatic carbocycles. The molecule has 5 nitrogen and oxygen atoms in total. The highest BCUT2D eigenvalue weighted by atomic mass is 32.1. The molecule has 0 aliphatic carbocycles. The summed E-state index contributed by atoms with van der Waals surface area (Å²) in [6.07, 6.45) is 0. The van der Waals surface area contributed by atoms with Crippen molar-refractivity contribution in [3.05, 3.63) is 24.3 Å². The smallest absolute Gasteiger partial charge is 0.225 e. The van der Waals surface area contributed by atoms with Crippen molar-refractivity contribution in [3.8, 4) is 16.3 Å². The lowest BCUT2D eigenvalue weighted by Gasteiger charge is -2.21. The van der Waals surface area contributed by atoms with Crippen molar-refractivity contribution in [1.82, 2.24) is 10.2 Å². The van der Waals surface area contributed by atoms with Crippen molar-refractivity contribution in [3.63, 3.8) is 0 Å². The third-order valence-electron chi connectivity index (χ3n) is 2.81. The molecule has 0 aliphatic rings. The van der Waals surface area contributed by atoms with Crippen LogP contribution in [0, 0.1) is 0 Å². The number of carbonyl (C=O) groups excluding carboxylic acids is 1. The average Bonchev–Trinajstić information content (AvgIpc) is 2.87. The first-order valence-electron chi connectivity index (χ1n) is 6.30. The highest BCUT2D eigenvalue weighted by Crippen LogP contribution is 2.30. The van der Waals surface area contributed by atoms with Crippen LogP contribution in [0.3, 0.4) is 0 Å². The number of aromatic nitrogens is 2. The van der Waals surface area contributed by atoms with Crippen molar-refractivity contribution >= 4 is 22.4 Å². The van der Waals surface area contributed by atoms with E-state index < -0.39 is 0 Å². The Morgan fingerprint density at radius 1 is 1.25 bits per heavy atom. The molecule has 0 saturated heterocycles. The predicted octanol–water partition coefficient (Wildman–Crippen LogP) is 2.98. The first-order valence-corrected chi connectivity index (χ1v) is 7.12. The standard InChI is InChI=1S/C14H17N3O2S/c1-9(2)17(10(3)18)14-16-15-13(20-14)11-5-7-12(19-4)8-6-11/h5-9H,1-4H3. The van der Waals surface area contributed by atoms with Gasteiger partial charge in [-0.05, 0) is 38.1 Å². The fraction of sp³-hybridized carbons (Fsp3) is 0.357. The van der Waals surface area contributed by atoms with E-state index in [9.17, 15) is 4.79 Å². The lowest BCUT2D eigenvalue weighted by atomic mass is 10.2. The highest BCUT2D eigenvalue weighted by Gasteiger charge is 2.20. The van der Waals surface area contributed by atoms with Gasteiger partial charge in [0.2, 0.25) is 11.0 Å². The van der Waals surface area contributed by atoms with Crippen LogP contribution in [0.25, 0.3) is 10.6 Å². The molecule has 1 aromatic heterocycles. The Morgan fingerprint density at radius 2 is 1.90 bits per heavy atom. The van der Waals surface area contributed by atoms with Crippen LogP contribution in [-0.4, -0.2) is 29.3 Å². The molecular formula is C14H17N3O2S. The lowest BCUT2D eigenvalue weighted by molar-refractivity contribution is -0.116. The molecular weight excluding hydrogens is 274 g/mol. The van der Waals surface area contributed by atoms with E-state index in [0.29, 0.717) is 5.13 Å². The summed E-state index contributed by atoms with van der Waals surface area (Å²) in [6.45, 7) is 5.44. The zero-order chi connectivity index (χ0) is 14.7. The third kappa shape index (κ3) is 2.96. The summed E-state index contributed by atoms with van der Waals surface area (Å²) in [5.74, 6) is 0.767. The van der Waals surface area contributed by atoms with E-state index in [0.717, 1.165) is 16.3 Å². The summed E-state index contributed by atoms with van der Waals surface area (Å²) in [5.41, 5.74) is 0.960. The van der Waals surface area contributed by atoms with E-state index in [1.54, 1.807) is 12.0 Å². The molecule has 0 N–H and O–H groups in total. The number of hydrogen-bond acceptors (Lipinski definition) is 5. The normalized spacial score (nSPS) is 10.7. The van der Waals surface area contributed by atoms with Crippen LogP contribution in [0.4, 0.5) is 5.13 Å². The summed E-state index contributed by atoms with van der Waals surface area (Å²) >= 11 is 1.41. The number of carbonyl (C=O) groups is 1. The van der Waals surface area contributed by atoms with E-state index in [1.165, 1.54) is 18.3 Å². The van der Waals surface area contributed by atoms with Gasteiger partial charge in [-0.25, -0.2) is 0 Å². The highest BCUT2D eigenvalue weighted by molar-refractivity contribution is 7.18. The number of benzene rings is 1. The second kappa shape index (κ2) is 6.00. The maximum Gasteiger partial charge on any atom is 0.225 e. The van der Waals surface area contributed by atoms with Crippen molar-refractivity contribution in [2.24, 2.45) is 0 Å². The van der Waals surface area contributed by atoms with Gasteiger partial charge in [-0.15, -0.1) is 10.2 Å². The molecule has 6 heteroatoms. The van der Waals surface area contributed by atoms with Crippen molar-refractivity contribution < 1.29 is 9.53 Å². The molecule has 0 atom stereocenters. The van der Waals surface area contributed by atoms with E-state index in [4.69, 9.17) is 4.74 Å². The van der Waals surface area contributed by atoms with Gasteiger partial charge in [0.1, 0.15) is 10.8 Å². The van der Waals surface area contributed by atoms with Crippen LogP contribution < -0.4 is 9.64 Å². The molecule has 1 heterocycles. The van der Waals surface area contributed by atoms with Crippen LogP contribution >= 0.6 is 11.3 Å². The van der Waals surface area contributed by atoms with E-state index in [-0.39, 0.29) is 11.9 Å². The van der Waals surface area contributed by atoms with Gasteiger partial charge < -0.3 is 4.74 Å². The van der Waals surface area contributed by atoms with Crippen LogP contribution in [0.15, 0.2) is 24.3 Å². The van der Waals surface area contributed by atoms with Crippen molar-refractivity contribution in [1.29, 1.82) is 0 Å². The fourth-order valence-corrected chi connectivity index (χ4v) is 2.91. The summed E-state index contributed by atoms with van der Waals surface area (Å²) in [4.78, 5) is 13.3. The Balaban J connectivity index is 2.29. The first kappa shape index (κ1) is 14.5. The Hall–Kier alpha value is -1.95. The van der Waals surface area contributed by atoms with Crippen molar-refractivity contribution in [2.75, 3.05) is 12.0 Å². The van der Waals surface area contributed by atoms with E-state index in [2.05, 4.69) is 10.2 Å². The number of methoxy groups -OCH3 is 1. The molecule has 2 aromatic rings. The average molecular weight is 291 g/mol. The maximum atomic E-state index is 11.7. The molecule has 20 heavy (non-hydrogen) atoms. The minimum atomic E-state index is -0.0302. The second-order valence-electron chi connectivity index (χ2n) is 4.60. The Labute approximate surface area is 122 Å². The number of amides is 1. The summed E-state index contributed by atoms with van der Waals surface area (Å²) in [7, 11) is 1.63. The zero-order valence-electron chi connectivity index (χ0n) is 12.0. The molecule has 0 spiro atoms. The quantitative estimate of drug-likeness (QED) is 0.869. The monoisotopic (exact) mass is 291 g/mol. The van der Waals surface area contributed by atoms with Crippen LogP contribution in [0.5, 0.6) is 5.75 Å². The topological polar surface area (TPSA) is 55.3 Å². The zero-order valence-corrected chi connectivity index (χ0v) is 12.8. The summed E-state index contributed by atoms with van der Waals surface area (Å²) in [6, 6.07) is 7.67. The lowest BCUT2D eigenvalue weighted by Crippen LogP contribution is -2.34. The Morgan fingerprint density at radius 3 is 2.40 bits per heavy atom. The largest absolute Gasteiger partial charge is 0.497 e. The Kier molecular flexibility index (Phi) is 4.34. The summed E-state index contributed by atoms with van der Waals surface area (Å²) in [5, 5.41) is 9.69. The van der Waals surface area contributed by atoms with Gasteiger partial charge in [-0.2, -0.15) is 0 Å². The van der Waals surface area contributed by atoms with Crippen LogP contribution in [0.2, 0.25) is 0 Å². The van der Waals surface area contributed by atoms with Gasteiger partial charge >= 0.3 is 0 Å². The number of hydrogen-bond donors (Lipinski definition) is 0. The number of ether oxygens (including phenoxy) is 1. The van der Waals surface area contributed by atoms with Gasteiger partial charge in [0.15, 0.2) is 0 Å². The molecule has 0 bridgehead atoms. The molecule has 106 valence electrons. The molecule has 1 amide bonds. The summed E-state index contributed by atoms with van der Waals surface area (Å²) < 4.78 is 5.13. The molecule has 0 radical (unpaired) electrons. The molecule has 0 aliphatic heterocycles. The molecule has 0 fully saturated rings. The number of rotatable bonds is 4. The second-order valence-corrected chi connectivity index (χ2v) is 5.56. The molecule has 2 rings (SSSR count). The van der Waals surface area contributed by atoms with Gasteiger partial charge in [0.05, 0.1) is 7.11 Å². The number of nitrogens with zero attached hydrogens (tertiary/aromatic N) is 3. The Bertz CT molecular complexity index is 593. The minimum absolute atomic E-state index is 0.0302. The third-order valence-corrected chi connectivity index (χ3v) is 3.78. The van der Waals surface area contributed by atoms with Gasteiger partial charge in [0.25, 0.3) is 0 Å². The predicted molar refractivity (Wildman–Crippen MR) is 80.2 cm³/mol. The van der Waals surface area contributed by atoms with E-state index >= 15 is 0 Å². The fourth-order valence-electron chi connectivity index (χ4n) is 1.88. The van der Waals surface area contributed by atoms with Crippen LogP contribution in [-0.2, 0) is 4.79 Å².